The van der Waals surface area contributed by atoms with Crippen LogP contribution in [0.3, 0.4) is 0 Å². The second-order valence-electron chi connectivity index (χ2n) is 6.21. The molecule has 2 aromatic carbocycles. The lowest BCUT2D eigenvalue weighted by molar-refractivity contribution is 0.0864. The first-order valence-electron chi connectivity index (χ1n) is 8.18. The number of carbonyl (C=O) groups is 1. The molecule has 0 saturated heterocycles. The molecule has 0 saturated carbocycles. The minimum atomic E-state index is -3.84. The number of carbonyl (C=O) groups excluding carboxylic acids is 1. The molecule has 0 bridgehead atoms. The Morgan fingerprint density at radius 1 is 0.962 bits per heavy atom. The zero-order valence-electron chi connectivity index (χ0n) is 14.4. The van der Waals surface area contributed by atoms with Crippen LogP contribution in [-0.2, 0) is 16.6 Å². The third kappa shape index (κ3) is 2.35. The fraction of sp³-hybridized carbons (Fsp3) is 0.158. The molecule has 0 unspecified atom stereocenters. The van der Waals surface area contributed by atoms with Crippen molar-refractivity contribution in [2.75, 3.05) is 0 Å². The van der Waals surface area contributed by atoms with Crippen LogP contribution in [0.1, 0.15) is 27.3 Å². The first-order chi connectivity index (χ1) is 12.4. The number of aryl methyl sites for hydroxylation is 1. The van der Waals surface area contributed by atoms with E-state index in [-0.39, 0.29) is 17.0 Å². The highest BCUT2D eigenvalue weighted by Gasteiger charge is 2.41. The lowest BCUT2D eigenvalue weighted by Gasteiger charge is -2.15. The van der Waals surface area contributed by atoms with Crippen LogP contribution in [0.2, 0.25) is 0 Å². The third-order valence-corrected chi connectivity index (χ3v) is 6.44. The maximum absolute atomic E-state index is 12.8. The second kappa shape index (κ2) is 5.81. The Bertz CT molecular complexity index is 1120. The molecule has 132 valence electrons. The summed E-state index contributed by atoms with van der Waals surface area (Å²) in [5.41, 5.74) is 3.35. The number of aromatic nitrogens is 2. The maximum atomic E-state index is 12.8. The van der Waals surface area contributed by atoms with Gasteiger partial charge in [0, 0.05) is 11.3 Å². The van der Waals surface area contributed by atoms with E-state index in [0.29, 0.717) is 5.69 Å². The van der Waals surface area contributed by atoms with Crippen molar-refractivity contribution in [1.82, 2.24) is 14.1 Å². The van der Waals surface area contributed by atoms with E-state index >= 15 is 0 Å². The zero-order valence-corrected chi connectivity index (χ0v) is 15.2. The quantitative estimate of drug-likeness (QED) is 0.714. The Labute approximate surface area is 151 Å². The number of hydrogen-bond donors (Lipinski definition) is 0. The van der Waals surface area contributed by atoms with Crippen LogP contribution in [0.25, 0.3) is 5.69 Å². The van der Waals surface area contributed by atoms with Gasteiger partial charge >= 0.3 is 0 Å². The van der Waals surface area contributed by atoms with E-state index in [1.165, 1.54) is 6.07 Å². The number of nitrogens with zero attached hydrogens (tertiary/aromatic N) is 3. The molecule has 1 aliphatic heterocycles. The van der Waals surface area contributed by atoms with Crippen molar-refractivity contribution >= 4 is 15.9 Å². The van der Waals surface area contributed by atoms with Gasteiger partial charge in [-0.2, -0.15) is 5.10 Å². The van der Waals surface area contributed by atoms with E-state index in [2.05, 4.69) is 5.10 Å². The molecular formula is C19H17N3O3S. The molecule has 1 amide bonds. The van der Waals surface area contributed by atoms with Crippen LogP contribution >= 0.6 is 0 Å². The number of para-hydroxylation sites is 1. The van der Waals surface area contributed by atoms with Crippen LogP contribution in [0.5, 0.6) is 0 Å². The van der Waals surface area contributed by atoms with Gasteiger partial charge in [-0.15, -0.1) is 0 Å². The van der Waals surface area contributed by atoms with Gasteiger partial charge in [-0.1, -0.05) is 30.3 Å². The predicted octanol–water partition coefficient (Wildman–Crippen LogP) is 2.83. The number of benzene rings is 2. The minimum absolute atomic E-state index is 0.0274. The number of amides is 1. The van der Waals surface area contributed by atoms with Gasteiger partial charge in [-0.25, -0.2) is 17.4 Å². The van der Waals surface area contributed by atoms with Crippen molar-refractivity contribution in [2.45, 2.75) is 25.3 Å². The molecule has 3 aromatic rings. The van der Waals surface area contributed by atoms with Gasteiger partial charge in [0.1, 0.15) is 4.90 Å². The standard InChI is InChI=1S/C19H17N3O3S/c1-13-17(14(2)22(20-13)15-8-4-3-5-9-15)12-21-19(23)16-10-6-7-11-18(16)26(21,24)25/h3-11H,12H2,1-2H3. The topological polar surface area (TPSA) is 72.3 Å². The molecule has 1 aromatic heterocycles. The van der Waals surface area contributed by atoms with Crippen molar-refractivity contribution in [3.8, 4) is 5.69 Å². The van der Waals surface area contributed by atoms with Crippen LogP contribution in [0.4, 0.5) is 0 Å². The van der Waals surface area contributed by atoms with Gasteiger partial charge in [0.25, 0.3) is 15.9 Å². The number of hydrogen-bond acceptors (Lipinski definition) is 4. The fourth-order valence-corrected chi connectivity index (χ4v) is 4.79. The van der Waals surface area contributed by atoms with Crippen LogP contribution in [0.15, 0.2) is 59.5 Å². The molecule has 26 heavy (non-hydrogen) atoms. The summed E-state index contributed by atoms with van der Waals surface area (Å²) in [5, 5.41) is 4.53. The Hall–Kier alpha value is -2.93. The van der Waals surface area contributed by atoms with E-state index in [9.17, 15) is 13.2 Å². The molecule has 0 radical (unpaired) electrons. The molecule has 4 rings (SSSR count). The van der Waals surface area contributed by atoms with Gasteiger partial charge in [0.2, 0.25) is 0 Å². The molecule has 0 aliphatic carbocycles. The highest BCUT2D eigenvalue weighted by atomic mass is 32.2. The van der Waals surface area contributed by atoms with Crippen molar-refractivity contribution in [3.63, 3.8) is 0 Å². The monoisotopic (exact) mass is 367 g/mol. The molecule has 6 nitrogen and oxygen atoms in total. The number of rotatable bonds is 3. The lowest BCUT2D eigenvalue weighted by Crippen LogP contribution is -2.29. The van der Waals surface area contributed by atoms with Crippen molar-refractivity contribution < 1.29 is 13.2 Å². The Balaban J connectivity index is 1.76. The smallest absolute Gasteiger partial charge is 0.268 e. The van der Waals surface area contributed by atoms with E-state index in [1.807, 2.05) is 44.2 Å². The number of sulfonamides is 1. The molecule has 7 heteroatoms. The first kappa shape index (κ1) is 16.5. The summed E-state index contributed by atoms with van der Waals surface area (Å²) in [6.45, 7) is 3.67. The summed E-state index contributed by atoms with van der Waals surface area (Å²) >= 11 is 0. The summed E-state index contributed by atoms with van der Waals surface area (Å²) in [6, 6.07) is 15.9. The lowest BCUT2D eigenvalue weighted by atomic mass is 10.1. The van der Waals surface area contributed by atoms with E-state index in [0.717, 1.165) is 21.2 Å². The third-order valence-electron chi connectivity index (χ3n) is 4.66. The van der Waals surface area contributed by atoms with Gasteiger partial charge in [-0.05, 0) is 38.1 Å². The van der Waals surface area contributed by atoms with Gasteiger partial charge in [-0.3, -0.25) is 4.79 Å². The van der Waals surface area contributed by atoms with Gasteiger partial charge in [0.05, 0.1) is 23.5 Å². The van der Waals surface area contributed by atoms with Crippen LogP contribution in [-0.4, -0.2) is 28.4 Å². The van der Waals surface area contributed by atoms with Gasteiger partial charge < -0.3 is 0 Å². The fourth-order valence-electron chi connectivity index (χ4n) is 3.26. The average Bonchev–Trinajstić information content (AvgIpc) is 3.03. The van der Waals surface area contributed by atoms with Gasteiger partial charge in [0.15, 0.2) is 0 Å². The van der Waals surface area contributed by atoms with Crippen molar-refractivity contribution in [1.29, 1.82) is 0 Å². The summed E-state index contributed by atoms with van der Waals surface area (Å²) in [5.74, 6) is -0.494. The highest BCUT2D eigenvalue weighted by molar-refractivity contribution is 7.90. The Kier molecular flexibility index (Phi) is 3.69. The normalized spacial score (nSPS) is 15.3. The van der Waals surface area contributed by atoms with Crippen molar-refractivity contribution in [2.24, 2.45) is 0 Å². The summed E-state index contributed by atoms with van der Waals surface area (Å²) < 4.78 is 28.3. The summed E-state index contributed by atoms with van der Waals surface area (Å²) in [7, 11) is -3.84. The molecular weight excluding hydrogens is 350 g/mol. The SMILES string of the molecule is Cc1nn(-c2ccccc2)c(C)c1CN1C(=O)c2ccccc2S1(=O)=O. The summed E-state index contributed by atoms with van der Waals surface area (Å²) in [6.07, 6.45) is 0. The molecule has 0 N–H and O–H groups in total. The highest BCUT2D eigenvalue weighted by Crippen LogP contribution is 2.32. The Morgan fingerprint density at radius 2 is 1.62 bits per heavy atom. The molecule has 0 spiro atoms. The van der Waals surface area contributed by atoms with Crippen molar-refractivity contribution in [3.05, 3.63) is 77.1 Å². The summed E-state index contributed by atoms with van der Waals surface area (Å²) in [4.78, 5) is 12.7. The first-order valence-corrected chi connectivity index (χ1v) is 9.62. The largest absolute Gasteiger partial charge is 0.269 e. The molecule has 0 fully saturated rings. The number of fused-ring (bicyclic) bond motifs is 1. The second-order valence-corrected chi connectivity index (χ2v) is 8.04. The maximum Gasteiger partial charge on any atom is 0.269 e. The van der Waals surface area contributed by atoms with E-state index < -0.39 is 15.9 Å². The molecule has 2 heterocycles. The predicted molar refractivity (Wildman–Crippen MR) is 96.5 cm³/mol. The van der Waals surface area contributed by atoms with E-state index in [1.54, 1.807) is 22.9 Å². The zero-order chi connectivity index (χ0) is 18.5. The average molecular weight is 367 g/mol. The Morgan fingerprint density at radius 3 is 2.31 bits per heavy atom. The molecule has 0 atom stereocenters. The van der Waals surface area contributed by atoms with E-state index in [4.69, 9.17) is 0 Å². The molecule has 1 aliphatic rings. The minimum Gasteiger partial charge on any atom is -0.268 e. The van der Waals surface area contributed by atoms with Crippen LogP contribution in [0, 0.1) is 13.8 Å². The van der Waals surface area contributed by atoms with Crippen LogP contribution < -0.4 is 0 Å².